The molecule has 1 aromatic rings. The molecule has 1 heterocycles. The molecule has 0 aliphatic heterocycles. The zero-order valence-corrected chi connectivity index (χ0v) is 12.7. The molecule has 1 rings (SSSR count). The lowest BCUT2D eigenvalue weighted by Crippen LogP contribution is -2.21. The molecule has 0 atom stereocenters. The minimum absolute atomic E-state index is 0.476. The molecule has 1 aromatic heterocycles. The average Bonchev–Trinajstić information content (AvgIpc) is 2.45. The molecule has 0 radical (unpaired) electrons. The van der Waals surface area contributed by atoms with Crippen LogP contribution >= 0.6 is 0 Å². The minimum Gasteiger partial charge on any atom is -0.478 e. The van der Waals surface area contributed by atoms with Crippen LogP contribution < -0.4 is 10.1 Å². The Morgan fingerprint density at radius 3 is 2.65 bits per heavy atom. The highest BCUT2D eigenvalue weighted by molar-refractivity contribution is 5.17. The number of hydrogen-bond donors (Lipinski definition) is 1. The van der Waals surface area contributed by atoms with Crippen molar-refractivity contribution in [1.29, 1.82) is 0 Å². The van der Waals surface area contributed by atoms with Crippen LogP contribution in [-0.2, 0) is 16.0 Å². The van der Waals surface area contributed by atoms with E-state index in [0.29, 0.717) is 38.3 Å². The molecule has 1 N–H and O–H groups in total. The molecule has 0 unspecified atom stereocenters. The van der Waals surface area contributed by atoms with Gasteiger partial charge in [0.05, 0.1) is 19.8 Å². The molecule has 5 nitrogen and oxygen atoms in total. The molecule has 0 aliphatic carbocycles. The first-order valence-corrected chi connectivity index (χ1v) is 7.10. The summed E-state index contributed by atoms with van der Waals surface area (Å²) in [6, 6.07) is 4.42. The second kappa shape index (κ2) is 10.6. The lowest BCUT2D eigenvalue weighted by molar-refractivity contribution is 0.0642. The smallest absolute Gasteiger partial charge is 0.213 e. The van der Waals surface area contributed by atoms with Gasteiger partial charge < -0.3 is 19.5 Å². The Bertz CT molecular complexity index is 341. The van der Waals surface area contributed by atoms with Crippen LogP contribution in [0.2, 0.25) is 0 Å². The summed E-state index contributed by atoms with van der Waals surface area (Å²) >= 11 is 0. The van der Waals surface area contributed by atoms with E-state index in [4.69, 9.17) is 14.2 Å². The molecule has 20 heavy (non-hydrogen) atoms. The summed E-state index contributed by atoms with van der Waals surface area (Å²) in [7, 11) is 1.67. The maximum absolute atomic E-state index is 5.55. The van der Waals surface area contributed by atoms with E-state index in [1.165, 1.54) is 0 Å². The summed E-state index contributed by atoms with van der Waals surface area (Å²) in [5.74, 6) is 0.662. The third-order valence-corrected chi connectivity index (χ3v) is 2.63. The quantitative estimate of drug-likeness (QED) is 0.629. The van der Waals surface area contributed by atoms with E-state index in [2.05, 4.69) is 24.1 Å². The summed E-state index contributed by atoms with van der Waals surface area (Å²) in [5.41, 5.74) is 1.16. The number of methoxy groups -OCH3 is 1. The van der Waals surface area contributed by atoms with Gasteiger partial charge in [0.2, 0.25) is 5.88 Å². The van der Waals surface area contributed by atoms with Gasteiger partial charge in [-0.25, -0.2) is 4.98 Å². The molecule has 0 amide bonds. The van der Waals surface area contributed by atoms with Crippen LogP contribution in [0.15, 0.2) is 18.3 Å². The van der Waals surface area contributed by atoms with E-state index in [-0.39, 0.29) is 0 Å². The molecule has 114 valence electrons. The monoisotopic (exact) mass is 282 g/mol. The number of nitrogens with zero attached hydrogens (tertiary/aromatic N) is 1. The number of rotatable bonds is 11. The largest absolute Gasteiger partial charge is 0.478 e. The van der Waals surface area contributed by atoms with Gasteiger partial charge in [0.1, 0.15) is 0 Å². The zero-order valence-electron chi connectivity index (χ0n) is 12.7. The van der Waals surface area contributed by atoms with Crippen molar-refractivity contribution >= 4 is 0 Å². The van der Waals surface area contributed by atoms with E-state index in [1.807, 2.05) is 18.3 Å². The fraction of sp³-hybridized carbons (Fsp3) is 0.667. The molecular weight excluding hydrogens is 256 g/mol. The molecule has 0 aromatic carbocycles. The predicted molar refractivity (Wildman–Crippen MR) is 79.0 cm³/mol. The Kier molecular flexibility index (Phi) is 8.95. The highest BCUT2D eigenvalue weighted by Crippen LogP contribution is 2.08. The van der Waals surface area contributed by atoms with Crippen LogP contribution in [0.25, 0.3) is 0 Å². The number of ether oxygens (including phenoxy) is 3. The first-order chi connectivity index (χ1) is 9.72. The first-order valence-electron chi connectivity index (χ1n) is 7.10. The second-order valence-electron chi connectivity index (χ2n) is 4.85. The number of hydrogen-bond acceptors (Lipinski definition) is 5. The average molecular weight is 282 g/mol. The SMILES string of the molecule is COCCOCCCOc1ccc(CNC(C)C)cn1. The summed E-state index contributed by atoms with van der Waals surface area (Å²) < 4.78 is 15.8. The van der Waals surface area contributed by atoms with Crippen molar-refractivity contribution in [2.75, 3.05) is 33.5 Å². The topological polar surface area (TPSA) is 52.6 Å². The number of aromatic nitrogens is 1. The fourth-order valence-corrected chi connectivity index (χ4v) is 1.50. The number of nitrogens with one attached hydrogen (secondary N) is 1. The molecule has 0 aliphatic rings. The van der Waals surface area contributed by atoms with Gasteiger partial charge in [-0.2, -0.15) is 0 Å². The van der Waals surface area contributed by atoms with E-state index in [9.17, 15) is 0 Å². The van der Waals surface area contributed by atoms with Crippen molar-refractivity contribution in [2.24, 2.45) is 0 Å². The number of pyridine rings is 1. The van der Waals surface area contributed by atoms with Gasteiger partial charge in [0.15, 0.2) is 0 Å². The van der Waals surface area contributed by atoms with Gasteiger partial charge in [-0.3, -0.25) is 0 Å². The van der Waals surface area contributed by atoms with Crippen LogP contribution in [0.4, 0.5) is 0 Å². The van der Waals surface area contributed by atoms with Crippen LogP contribution in [0.5, 0.6) is 5.88 Å². The van der Waals surface area contributed by atoms with Crippen molar-refractivity contribution in [2.45, 2.75) is 32.9 Å². The van der Waals surface area contributed by atoms with Crippen molar-refractivity contribution in [1.82, 2.24) is 10.3 Å². The summed E-state index contributed by atoms with van der Waals surface area (Å²) in [5, 5.41) is 3.35. The van der Waals surface area contributed by atoms with Crippen molar-refractivity contribution in [3.05, 3.63) is 23.9 Å². The third kappa shape index (κ3) is 8.09. The van der Waals surface area contributed by atoms with E-state index in [0.717, 1.165) is 18.5 Å². The lowest BCUT2D eigenvalue weighted by Gasteiger charge is -2.09. The van der Waals surface area contributed by atoms with Crippen LogP contribution in [0.3, 0.4) is 0 Å². The zero-order chi connectivity index (χ0) is 14.6. The van der Waals surface area contributed by atoms with E-state index < -0.39 is 0 Å². The van der Waals surface area contributed by atoms with Crippen LogP contribution in [0, 0.1) is 0 Å². The normalized spacial score (nSPS) is 11.0. The van der Waals surface area contributed by atoms with Crippen molar-refractivity contribution in [3.63, 3.8) is 0 Å². The Hall–Kier alpha value is -1.17. The summed E-state index contributed by atoms with van der Waals surface area (Å²) in [6.07, 6.45) is 2.70. The summed E-state index contributed by atoms with van der Waals surface area (Å²) in [6.45, 7) is 7.64. The van der Waals surface area contributed by atoms with Gasteiger partial charge in [-0.15, -0.1) is 0 Å². The first kappa shape index (κ1) is 16.9. The standard InChI is InChI=1S/C15H26N2O3/c1-13(2)16-11-14-5-6-15(17-12-14)20-8-4-7-19-10-9-18-3/h5-6,12-13,16H,4,7-11H2,1-3H3. The van der Waals surface area contributed by atoms with Crippen molar-refractivity contribution in [3.8, 4) is 5.88 Å². The summed E-state index contributed by atoms with van der Waals surface area (Å²) in [4.78, 5) is 4.28. The van der Waals surface area contributed by atoms with Crippen LogP contribution in [0.1, 0.15) is 25.8 Å². The Morgan fingerprint density at radius 1 is 1.15 bits per heavy atom. The van der Waals surface area contributed by atoms with Gasteiger partial charge in [0.25, 0.3) is 0 Å². The van der Waals surface area contributed by atoms with E-state index >= 15 is 0 Å². The molecule has 0 bridgehead atoms. The Morgan fingerprint density at radius 2 is 2.00 bits per heavy atom. The molecule has 0 fully saturated rings. The predicted octanol–water partition coefficient (Wildman–Crippen LogP) is 2.01. The Balaban J connectivity index is 2.12. The lowest BCUT2D eigenvalue weighted by atomic mass is 10.2. The van der Waals surface area contributed by atoms with Gasteiger partial charge in [0, 0.05) is 45.0 Å². The maximum Gasteiger partial charge on any atom is 0.213 e. The third-order valence-electron chi connectivity index (χ3n) is 2.63. The highest BCUT2D eigenvalue weighted by Gasteiger charge is 1.98. The molecule has 0 saturated heterocycles. The fourth-order valence-electron chi connectivity index (χ4n) is 1.50. The minimum atomic E-state index is 0.476. The van der Waals surface area contributed by atoms with Gasteiger partial charge in [-0.1, -0.05) is 19.9 Å². The molecular formula is C15H26N2O3. The Labute approximate surface area is 121 Å². The van der Waals surface area contributed by atoms with E-state index in [1.54, 1.807) is 7.11 Å². The highest BCUT2D eigenvalue weighted by atomic mass is 16.5. The van der Waals surface area contributed by atoms with Crippen molar-refractivity contribution < 1.29 is 14.2 Å². The molecule has 5 heteroatoms. The second-order valence-corrected chi connectivity index (χ2v) is 4.85. The maximum atomic E-state index is 5.55. The van der Waals surface area contributed by atoms with Gasteiger partial charge in [-0.05, 0) is 5.56 Å². The van der Waals surface area contributed by atoms with Gasteiger partial charge >= 0.3 is 0 Å². The molecule has 0 spiro atoms. The molecule has 0 saturated carbocycles. The van der Waals surface area contributed by atoms with Crippen LogP contribution in [-0.4, -0.2) is 44.6 Å².